The number of nitrogens with zero attached hydrogens (tertiary/aromatic N) is 2. The number of amides is 1. The highest BCUT2D eigenvalue weighted by molar-refractivity contribution is 6.24. The highest BCUT2D eigenvalue weighted by atomic mass is 16.5. The van der Waals surface area contributed by atoms with Crippen LogP contribution in [0.1, 0.15) is 30.0 Å². The first-order valence-electron chi connectivity index (χ1n) is 12.7. The largest absolute Gasteiger partial charge is 0.508 e. The van der Waals surface area contributed by atoms with Gasteiger partial charge >= 0.3 is 5.97 Å². The first-order valence-corrected chi connectivity index (χ1v) is 12.7. The maximum atomic E-state index is 14.0. The lowest BCUT2D eigenvalue weighted by Crippen LogP contribution is -2.65. The van der Waals surface area contributed by atoms with Gasteiger partial charge in [0, 0.05) is 42.9 Å². The summed E-state index contributed by atoms with van der Waals surface area (Å²) in [7, 11) is 6.59. The van der Waals surface area contributed by atoms with Gasteiger partial charge in [0.25, 0.3) is 5.91 Å². The first kappa shape index (κ1) is 28.8. The second-order valence-electron chi connectivity index (χ2n) is 10.6. The van der Waals surface area contributed by atoms with Crippen molar-refractivity contribution in [2.24, 2.45) is 17.6 Å². The Labute approximate surface area is 230 Å². The fourth-order valence-electron chi connectivity index (χ4n) is 6.19. The van der Waals surface area contributed by atoms with Crippen molar-refractivity contribution in [2.45, 2.75) is 31.4 Å². The number of esters is 1. The molecule has 6 N–H and O–H groups in total. The van der Waals surface area contributed by atoms with Crippen molar-refractivity contribution in [3.8, 4) is 5.75 Å². The van der Waals surface area contributed by atoms with Crippen molar-refractivity contribution in [1.82, 2.24) is 4.90 Å². The standard InChI is InChI=1S/C28H33N3O9/c1-6-40-17(32)8-7-12-11-16(30(2)3)14-9-13-10-15-21(31(4)5)24(35)20(27(29)38)26(37)28(15,39)25(36)18(13)23(34)19(14)22(12)33/h7-8,11,13,15,21,33-34,37,39H,6,9-10H2,1-5H3,(H2,29,38)/b8-7+/t13-,15-,21-,28+/m1/s1. The number of benzene rings is 1. The van der Waals surface area contributed by atoms with E-state index < -0.39 is 69.8 Å². The number of Topliss-reactive ketones (excluding diaryl/α,β-unsaturated/α-hetero) is 2. The van der Waals surface area contributed by atoms with E-state index >= 15 is 0 Å². The zero-order valence-corrected chi connectivity index (χ0v) is 22.9. The summed E-state index contributed by atoms with van der Waals surface area (Å²) in [5, 5.41) is 45.3. The molecule has 40 heavy (non-hydrogen) atoms. The molecule has 0 heterocycles. The van der Waals surface area contributed by atoms with Crippen LogP contribution in [0.2, 0.25) is 0 Å². The number of carbonyl (C=O) groups excluding carboxylic acids is 4. The lowest BCUT2D eigenvalue weighted by atomic mass is 9.57. The van der Waals surface area contributed by atoms with E-state index in [9.17, 15) is 39.6 Å². The molecule has 4 atom stereocenters. The van der Waals surface area contributed by atoms with Crippen molar-refractivity contribution in [3.05, 3.63) is 45.7 Å². The smallest absolute Gasteiger partial charge is 0.330 e. The van der Waals surface area contributed by atoms with E-state index in [1.807, 2.05) is 0 Å². The van der Waals surface area contributed by atoms with Crippen LogP contribution < -0.4 is 10.6 Å². The molecule has 0 radical (unpaired) electrons. The van der Waals surface area contributed by atoms with E-state index in [1.54, 1.807) is 46.1 Å². The van der Waals surface area contributed by atoms with E-state index in [4.69, 9.17) is 10.5 Å². The molecule has 1 fully saturated rings. The van der Waals surface area contributed by atoms with Gasteiger partial charge in [-0.3, -0.25) is 19.3 Å². The van der Waals surface area contributed by atoms with E-state index in [1.165, 1.54) is 11.0 Å². The van der Waals surface area contributed by atoms with Crippen LogP contribution in [-0.4, -0.2) is 95.2 Å². The fourth-order valence-corrected chi connectivity index (χ4v) is 6.19. The molecule has 1 saturated carbocycles. The molecule has 0 bridgehead atoms. The molecule has 12 nitrogen and oxygen atoms in total. The van der Waals surface area contributed by atoms with Gasteiger partial charge < -0.3 is 35.8 Å². The third-order valence-corrected chi connectivity index (χ3v) is 7.89. The summed E-state index contributed by atoms with van der Waals surface area (Å²) in [6, 6.07) is 0.471. The average Bonchev–Trinajstić information content (AvgIpc) is 2.85. The number of primary amides is 1. The van der Waals surface area contributed by atoms with Gasteiger partial charge in [-0.1, -0.05) is 0 Å². The summed E-state index contributed by atoms with van der Waals surface area (Å²) >= 11 is 0. The minimum atomic E-state index is -2.72. The highest BCUT2D eigenvalue weighted by Gasteiger charge is 2.64. The van der Waals surface area contributed by atoms with Crippen LogP contribution in [-0.2, 0) is 30.3 Å². The van der Waals surface area contributed by atoms with E-state index in [0.29, 0.717) is 11.3 Å². The number of aliphatic hydroxyl groups excluding tert-OH is 2. The number of ketones is 2. The molecule has 0 unspecified atom stereocenters. The summed E-state index contributed by atoms with van der Waals surface area (Å²) in [6.45, 7) is 1.80. The number of aliphatic hydroxyl groups is 3. The molecular formula is C28H33N3O9. The minimum Gasteiger partial charge on any atom is -0.508 e. The molecule has 4 rings (SSSR count). The number of hydrogen-bond acceptors (Lipinski definition) is 11. The number of fused-ring (bicyclic) bond motifs is 3. The Morgan fingerprint density at radius 1 is 1.18 bits per heavy atom. The Morgan fingerprint density at radius 3 is 2.38 bits per heavy atom. The number of rotatable bonds is 6. The number of carbonyl (C=O) groups is 4. The maximum absolute atomic E-state index is 14.0. The molecular weight excluding hydrogens is 522 g/mol. The Morgan fingerprint density at radius 2 is 1.82 bits per heavy atom. The quantitative estimate of drug-likeness (QED) is 0.188. The number of likely N-dealkylation sites (N-methyl/N-ethyl adjacent to an activating group) is 1. The Bertz CT molecular complexity index is 1420. The van der Waals surface area contributed by atoms with Crippen LogP contribution in [0.25, 0.3) is 11.8 Å². The molecule has 0 aliphatic heterocycles. The van der Waals surface area contributed by atoms with E-state index in [2.05, 4.69) is 0 Å². The van der Waals surface area contributed by atoms with Crippen LogP contribution in [0.15, 0.2) is 29.0 Å². The predicted octanol–water partition coefficient (Wildman–Crippen LogP) is 0.606. The summed E-state index contributed by atoms with van der Waals surface area (Å²) < 4.78 is 4.89. The van der Waals surface area contributed by atoms with Crippen LogP contribution >= 0.6 is 0 Å². The van der Waals surface area contributed by atoms with Crippen LogP contribution in [0.5, 0.6) is 5.75 Å². The summed E-state index contributed by atoms with van der Waals surface area (Å²) in [4.78, 5) is 54.4. The van der Waals surface area contributed by atoms with Gasteiger partial charge in [-0.2, -0.15) is 0 Å². The molecule has 1 aromatic carbocycles. The molecule has 3 aliphatic carbocycles. The number of phenolic OH excluding ortho intramolecular Hbond substituents is 1. The fraction of sp³-hybridized carbons (Fsp3) is 0.429. The van der Waals surface area contributed by atoms with Crippen LogP contribution in [0.4, 0.5) is 5.69 Å². The maximum Gasteiger partial charge on any atom is 0.330 e. The molecule has 0 saturated heterocycles. The monoisotopic (exact) mass is 555 g/mol. The number of phenols is 1. The Balaban J connectivity index is 1.96. The van der Waals surface area contributed by atoms with Gasteiger partial charge in [-0.05, 0) is 57.5 Å². The van der Waals surface area contributed by atoms with E-state index in [0.717, 1.165) is 6.08 Å². The van der Waals surface area contributed by atoms with Crippen molar-refractivity contribution in [1.29, 1.82) is 0 Å². The minimum absolute atomic E-state index is 0.0100. The van der Waals surface area contributed by atoms with Crippen LogP contribution in [0.3, 0.4) is 0 Å². The van der Waals surface area contributed by atoms with Gasteiger partial charge in [0.05, 0.1) is 18.2 Å². The molecule has 0 spiro atoms. The second-order valence-corrected chi connectivity index (χ2v) is 10.6. The molecule has 1 amide bonds. The third-order valence-electron chi connectivity index (χ3n) is 7.89. The van der Waals surface area contributed by atoms with Crippen molar-refractivity contribution in [3.63, 3.8) is 0 Å². The normalized spacial score (nSPS) is 26.1. The number of nitrogens with two attached hydrogens (primary N) is 1. The first-order chi connectivity index (χ1) is 18.7. The van der Waals surface area contributed by atoms with E-state index in [-0.39, 0.29) is 36.1 Å². The number of anilines is 1. The van der Waals surface area contributed by atoms with Gasteiger partial charge in [-0.15, -0.1) is 0 Å². The molecule has 214 valence electrons. The molecule has 1 aromatic rings. The zero-order chi connectivity index (χ0) is 29.8. The van der Waals surface area contributed by atoms with Gasteiger partial charge in [0.1, 0.15) is 22.8 Å². The topological polar surface area (TPSA) is 191 Å². The Kier molecular flexibility index (Phi) is 7.28. The van der Waals surface area contributed by atoms with Gasteiger partial charge in [0.2, 0.25) is 5.78 Å². The number of hydrogen-bond donors (Lipinski definition) is 5. The SMILES string of the molecule is CCOC(=O)/C=C/c1cc(N(C)C)c2c(c1O)C(O)=C1C(=O)[C@]3(O)C(O)=C(C(N)=O)C(=O)[C@H](N(C)C)[C@H]3C[C@H]1C2. The third kappa shape index (κ3) is 4.14. The summed E-state index contributed by atoms with van der Waals surface area (Å²) in [6.07, 6.45) is 2.58. The molecule has 0 aromatic heterocycles. The predicted molar refractivity (Wildman–Crippen MR) is 144 cm³/mol. The highest BCUT2D eigenvalue weighted by Crippen LogP contribution is 2.54. The lowest BCUT2D eigenvalue weighted by Gasteiger charge is -2.50. The summed E-state index contributed by atoms with van der Waals surface area (Å²) in [5.41, 5.74) is 2.72. The van der Waals surface area contributed by atoms with Crippen molar-refractivity contribution < 1.29 is 44.3 Å². The van der Waals surface area contributed by atoms with Crippen molar-refractivity contribution >= 4 is 41.0 Å². The molecule has 12 heteroatoms. The number of ether oxygens (including phenoxy) is 1. The zero-order valence-electron chi connectivity index (χ0n) is 22.9. The Hall–Kier alpha value is -4.16. The number of aromatic hydroxyl groups is 1. The lowest BCUT2D eigenvalue weighted by molar-refractivity contribution is -0.153. The second kappa shape index (κ2) is 10.1. The average molecular weight is 556 g/mol. The molecule has 3 aliphatic rings. The summed E-state index contributed by atoms with van der Waals surface area (Å²) in [5.74, 6) is -7.85. The van der Waals surface area contributed by atoms with Gasteiger partial charge in [0.15, 0.2) is 11.4 Å². The van der Waals surface area contributed by atoms with Crippen molar-refractivity contribution in [2.75, 3.05) is 39.7 Å². The van der Waals surface area contributed by atoms with Crippen LogP contribution in [0, 0.1) is 11.8 Å². The van der Waals surface area contributed by atoms with Gasteiger partial charge in [-0.25, -0.2) is 4.79 Å².